The van der Waals surface area contributed by atoms with Crippen molar-refractivity contribution in [3.05, 3.63) is 64.5 Å². The molecule has 3 aromatic rings. The van der Waals surface area contributed by atoms with Crippen molar-refractivity contribution in [2.75, 3.05) is 25.0 Å². The lowest BCUT2D eigenvalue weighted by atomic mass is 10.2. The Kier molecular flexibility index (Phi) is 5.19. The van der Waals surface area contributed by atoms with E-state index in [1.165, 1.54) is 4.88 Å². The van der Waals surface area contributed by atoms with Gasteiger partial charge in [-0.25, -0.2) is 9.97 Å². The van der Waals surface area contributed by atoms with Gasteiger partial charge in [-0.15, -0.1) is 11.3 Å². The SMILES string of the molecule is Cc1ncc(CN2CCOC(c3ccc(Nc4ccccn4)cn3)C2)s1. The monoisotopic (exact) mass is 367 g/mol. The zero-order valence-corrected chi connectivity index (χ0v) is 15.4. The summed E-state index contributed by atoms with van der Waals surface area (Å²) in [7, 11) is 0. The van der Waals surface area contributed by atoms with Gasteiger partial charge in [-0.05, 0) is 31.2 Å². The quantitative estimate of drug-likeness (QED) is 0.744. The van der Waals surface area contributed by atoms with Crippen molar-refractivity contribution in [3.63, 3.8) is 0 Å². The predicted octanol–water partition coefficient (Wildman–Crippen LogP) is 3.56. The van der Waals surface area contributed by atoms with Crippen LogP contribution in [-0.4, -0.2) is 39.5 Å². The zero-order chi connectivity index (χ0) is 17.8. The van der Waals surface area contributed by atoms with E-state index in [0.29, 0.717) is 0 Å². The normalized spacial score (nSPS) is 18.0. The summed E-state index contributed by atoms with van der Waals surface area (Å²) >= 11 is 1.76. The smallest absolute Gasteiger partial charge is 0.130 e. The van der Waals surface area contributed by atoms with Gasteiger partial charge >= 0.3 is 0 Å². The van der Waals surface area contributed by atoms with E-state index in [1.54, 1.807) is 17.5 Å². The van der Waals surface area contributed by atoms with E-state index in [9.17, 15) is 0 Å². The Hall–Kier alpha value is -2.35. The first-order valence-corrected chi connectivity index (χ1v) is 9.47. The summed E-state index contributed by atoms with van der Waals surface area (Å²) in [6, 6.07) is 9.82. The van der Waals surface area contributed by atoms with Crippen LogP contribution in [0, 0.1) is 6.92 Å². The molecule has 3 aromatic heterocycles. The molecule has 1 saturated heterocycles. The third-order valence-electron chi connectivity index (χ3n) is 4.25. The number of hydrogen-bond donors (Lipinski definition) is 1. The molecular formula is C19H21N5OS. The van der Waals surface area contributed by atoms with Gasteiger partial charge in [0.25, 0.3) is 0 Å². The lowest BCUT2D eigenvalue weighted by Gasteiger charge is -2.32. The number of pyridine rings is 2. The van der Waals surface area contributed by atoms with Gasteiger partial charge in [0.15, 0.2) is 0 Å². The Labute approximate surface area is 156 Å². The van der Waals surface area contributed by atoms with Crippen molar-refractivity contribution in [3.8, 4) is 0 Å². The molecule has 0 radical (unpaired) electrons. The van der Waals surface area contributed by atoms with E-state index in [4.69, 9.17) is 4.74 Å². The molecule has 0 aromatic carbocycles. The highest BCUT2D eigenvalue weighted by Crippen LogP contribution is 2.24. The third-order valence-corrected chi connectivity index (χ3v) is 5.15. The molecule has 134 valence electrons. The topological polar surface area (TPSA) is 63.2 Å². The predicted molar refractivity (Wildman–Crippen MR) is 103 cm³/mol. The van der Waals surface area contributed by atoms with Crippen LogP contribution >= 0.6 is 11.3 Å². The molecule has 1 aliphatic heterocycles. The van der Waals surface area contributed by atoms with Gasteiger partial charge in [0.1, 0.15) is 11.9 Å². The molecule has 1 aliphatic rings. The summed E-state index contributed by atoms with van der Waals surface area (Å²) in [6.07, 6.45) is 5.57. The second-order valence-corrected chi connectivity index (χ2v) is 7.57. The average Bonchev–Trinajstić information content (AvgIpc) is 3.08. The molecule has 7 heteroatoms. The summed E-state index contributed by atoms with van der Waals surface area (Å²) < 4.78 is 5.95. The number of anilines is 2. The van der Waals surface area contributed by atoms with Crippen molar-refractivity contribution in [1.29, 1.82) is 0 Å². The Morgan fingerprint density at radius 3 is 2.88 bits per heavy atom. The van der Waals surface area contributed by atoms with Crippen molar-refractivity contribution < 1.29 is 4.74 Å². The highest BCUT2D eigenvalue weighted by molar-refractivity contribution is 7.11. The van der Waals surface area contributed by atoms with Crippen LogP contribution in [-0.2, 0) is 11.3 Å². The number of aryl methyl sites for hydroxylation is 1. The van der Waals surface area contributed by atoms with E-state index < -0.39 is 0 Å². The summed E-state index contributed by atoms with van der Waals surface area (Å²) in [5.41, 5.74) is 1.88. The number of rotatable bonds is 5. The molecule has 26 heavy (non-hydrogen) atoms. The summed E-state index contributed by atoms with van der Waals surface area (Å²) in [5, 5.41) is 4.36. The molecular weight excluding hydrogens is 346 g/mol. The van der Waals surface area contributed by atoms with Crippen LogP contribution < -0.4 is 5.32 Å². The first-order chi connectivity index (χ1) is 12.8. The Morgan fingerprint density at radius 2 is 2.15 bits per heavy atom. The van der Waals surface area contributed by atoms with Gasteiger partial charge in [-0.3, -0.25) is 9.88 Å². The fourth-order valence-electron chi connectivity index (χ4n) is 2.98. The number of nitrogens with one attached hydrogen (secondary N) is 1. The van der Waals surface area contributed by atoms with Crippen LogP contribution in [0.2, 0.25) is 0 Å². The molecule has 0 bridgehead atoms. The van der Waals surface area contributed by atoms with Crippen LogP contribution in [0.1, 0.15) is 21.7 Å². The molecule has 0 spiro atoms. The Bertz CT molecular complexity index is 837. The molecule has 1 unspecified atom stereocenters. The minimum Gasteiger partial charge on any atom is -0.369 e. The van der Waals surface area contributed by atoms with Gasteiger partial charge in [-0.2, -0.15) is 0 Å². The van der Waals surface area contributed by atoms with Gasteiger partial charge in [0, 0.05) is 36.9 Å². The molecule has 4 rings (SSSR count). The number of hydrogen-bond acceptors (Lipinski definition) is 7. The van der Waals surface area contributed by atoms with E-state index in [0.717, 1.165) is 48.4 Å². The number of ether oxygens (including phenoxy) is 1. The first kappa shape index (κ1) is 17.1. The van der Waals surface area contributed by atoms with Gasteiger partial charge in [0.2, 0.25) is 0 Å². The number of morpholine rings is 1. The van der Waals surface area contributed by atoms with Crippen molar-refractivity contribution in [1.82, 2.24) is 19.9 Å². The average molecular weight is 367 g/mol. The summed E-state index contributed by atoms with van der Waals surface area (Å²) in [6.45, 7) is 5.47. The first-order valence-electron chi connectivity index (χ1n) is 8.65. The van der Waals surface area contributed by atoms with E-state index in [-0.39, 0.29) is 6.10 Å². The highest BCUT2D eigenvalue weighted by atomic mass is 32.1. The largest absolute Gasteiger partial charge is 0.369 e. The highest BCUT2D eigenvalue weighted by Gasteiger charge is 2.23. The standard InChI is InChI=1S/C19H21N5OS/c1-14-21-11-16(26-14)12-24-8-9-25-18(13-24)17-6-5-15(10-22-17)23-19-4-2-3-7-20-19/h2-7,10-11,18H,8-9,12-13H2,1H3,(H,20,23). The zero-order valence-electron chi connectivity index (χ0n) is 14.6. The number of thiazole rings is 1. The van der Waals surface area contributed by atoms with Crippen molar-refractivity contribution in [2.45, 2.75) is 19.6 Å². The van der Waals surface area contributed by atoms with Crippen molar-refractivity contribution in [2.24, 2.45) is 0 Å². The van der Waals surface area contributed by atoms with E-state index in [2.05, 4.69) is 25.2 Å². The molecule has 1 atom stereocenters. The Morgan fingerprint density at radius 1 is 1.19 bits per heavy atom. The molecule has 0 amide bonds. The molecule has 6 nitrogen and oxygen atoms in total. The fraction of sp³-hybridized carbons (Fsp3) is 0.316. The number of aromatic nitrogens is 3. The molecule has 0 saturated carbocycles. The second kappa shape index (κ2) is 7.90. The van der Waals surface area contributed by atoms with E-state index >= 15 is 0 Å². The number of nitrogens with zero attached hydrogens (tertiary/aromatic N) is 4. The minimum atomic E-state index is 0.00155. The summed E-state index contributed by atoms with van der Waals surface area (Å²) in [4.78, 5) is 16.9. The van der Waals surface area contributed by atoms with Crippen LogP contribution in [0.25, 0.3) is 0 Å². The maximum Gasteiger partial charge on any atom is 0.130 e. The van der Waals surface area contributed by atoms with E-state index in [1.807, 2.05) is 49.6 Å². The van der Waals surface area contributed by atoms with Gasteiger partial charge in [0.05, 0.1) is 29.2 Å². The maximum absolute atomic E-state index is 5.95. The lowest BCUT2D eigenvalue weighted by molar-refractivity contribution is -0.0346. The third kappa shape index (κ3) is 4.24. The molecule has 0 aliphatic carbocycles. The van der Waals surface area contributed by atoms with Crippen LogP contribution in [0.3, 0.4) is 0 Å². The van der Waals surface area contributed by atoms with Crippen LogP contribution in [0.4, 0.5) is 11.5 Å². The lowest BCUT2D eigenvalue weighted by Crippen LogP contribution is -2.37. The van der Waals surface area contributed by atoms with Gasteiger partial charge in [-0.1, -0.05) is 6.07 Å². The van der Waals surface area contributed by atoms with Crippen molar-refractivity contribution >= 4 is 22.8 Å². The molecule has 4 heterocycles. The maximum atomic E-state index is 5.95. The van der Waals surface area contributed by atoms with Gasteiger partial charge < -0.3 is 10.1 Å². The van der Waals surface area contributed by atoms with Crippen LogP contribution in [0.5, 0.6) is 0 Å². The second-order valence-electron chi connectivity index (χ2n) is 6.25. The fourth-order valence-corrected chi connectivity index (χ4v) is 3.82. The minimum absolute atomic E-state index is 0.00155. The summed E-state index contributed by atoms with van der Waals surface area (Å²) in [5.74, 6) is 0.807. The van der Waals surface area contributed by atoms with Crippen LogP contribution in [0.15, 0.2) is 48.9 Å². The molecule has 1 N–H and O–H groups in total. The Balaban J connectivity index is 1.38. The molecule has 1 fully saturated rings.